The smallest absolute Gasteiger partial charge is 0.407 e. The number of aryl methyl sites for hydroxylation is 1. The number of fused-ring (bicyclic) bond motifs is 1. The van der Waals surface area contributed by atoms with E-state index >= 15 is 0 Å². The molecule has 1 aliphatic rings. The van der Waals surface area contributed by atoms with Crippen molar-refractivity contribution in [1.29, 1.82) is 0 Å². The molecule has 1 aromatic carbocycles. The number of non-ortho nitro benzene ring substituents is 1. The first-order chi connectivity index (χ1) is 12.5. The van der Waals surface area contributed by atoms with Crippen LogP contribution in [0.2, 0.25) is 0 Å². The van der Waals surface area contributed by atoms with E-state index < -0.39 is 10.7 Å². The van der Waals surface area contributed by atoms with Crippen LogP contribution >= 0.6 is 0 Å². The van der Waals surface area contributed by atoms with Crippen LogP contribution in [0.4, 0.5) is 5.69 Å². The van der Waals surface area contributed by atoms with E-state index in [2.05, 4.69) is 6.92 Å². The molecule has 2 aromatic rings. The highest BCUT2D eigenvalue weighted by Gasteiger charge is 2.19. The zero-order chi connectivity index (χ0) is 18.7. The minimum atomic E-state index is -0.559. The summed E-state index contributed by atoms with van der Waals surface area (Å²) in [5.41, 5.74) is 0.581. The van der Waals surface area contributed by atoms with Crippen molar-refractivity contribution >= 4 is 22.7 Å². The predicted octanol–water partition coefficient (Wildman–Crippen LogP) is 2.93. The molecule has 0 spiro atoms. The Labute approximate surface area is 150 Å². The molecule has 1 atom stereocenters. The van der Waals surface area contributed by atoms with Gasteiger partial charge in [-0.25, -0.2) is 4.79 Å². The minimum absolute atomic E-state index is 0.121. The van der Waals surface area contributed by atoms with Crippen molar-refractivity contribution in [3.63, 3.8) is 0 Å². The molecule has 1 fully saturated rings. The number of likely N-dealkylation sites (tertiary alicyclic amines) is 1. The summed E-state index contributed by atoms with van der Waals surface area (Å²) in [4.78, 5) is 36.6. The Morgan fingerprint density at radius 1 is 1.35 bits per heavy atom. The maximum atomic E-state index is 12.4. The van der Waals surface area contributed by atoms with E-state index in [1.54, 1.807) is 0 Å². The van der Waals surface area contributed by atoms with E-state index in [-0.39, 0.29) is 17.2 Å². The Morgan fingerprint density at radius 3 is 2.92 bits per heavy atom. The Balaban J connectivity index is 1.63. The van der Waals surface area contributed by atoms with Gasteiger partial charge in [0.1, 0.15) is 0 Å². The summed E-state index contributed by atoms with van der Waals surface area (Å²) in [6.45, 7) is 4.17. The van der Waals surface area contributed by atoms with Crippen molar-refractivity contribution < 1.29 is 14.1 Å². The Morgan fingerprint density at radius 2 is 2.15 bits per heavy atom. The molecule has 8 nitrogen and oxygen atoms in total. The van der Waals surface area contributed by atoms with E-state index in [9.17, 15) is 19.7 Å². The Bertz CT molecular complexity index is 869. The van der Waals surface area contributed by atoms with Gasteiger partial charge in [-0.2, -0.15) is 0 Å². The Hall–Kier alpha value is -2.64. The second-order valence-corrected chi connectivity index (χ2v) is 6.95. The van der Waals surface area contributed by atoms with Gasteiger partial charge in [-0.1, -0.05) is 6.92 Å². The van der Waals surface area contributed by atoms with Crippen LogP contribution in [0.1, 0.15) is 39.0 Å². The van der Waals surface area contributed by atoms with Crippen molar-refractivity contribution in [2.24, 2.45) is 5.92 Å². The molecule has 1 saturated heterocycles. The van der Waals surface area contributed by atoms with Crippen LogP contribution in [0.5, 0.6) is 0 Å². The molecule has 0 N–H and O–H groups in total. The number of rotatable bonds is 5. The second kappa shape index (κ2) is 7.72. The molecule has 0 radical (unpaired) electrons. The number of nitrogens with zero attached hydrogens (tertiary/aromatic N) is 3. The van der Waals surface area contributed by atoms with E-state index in [1.165, 1.54) is 22.8 Å². The van der Waals surface area contributed by atoms with Crippen LogP contribution in [0.3, 0.4) is 0 Å². The summed E-state index contributed by atoms with van der Waals surface area (Å²) >= 11 is 0. The lowest BCUT2D eigenvalue weighted by molar-refractivity contribution is -0.384. The molecule has 1 amide bonds. The second-order valence-electron chi connectivity index (χ2n) is 6.95. The van der Waals surface area contributed by atoms with Gasteiger partial charge in [-0.15, -0.1) is 0 Å². The van der Waals surface area contributed by atoms with E-state index in [1.807, 2.05) is 4.90 Å². The minimum Gasteiger partial charge on any atom is -0.407 e. The average molecular weight is 361 g/mol. The molecule has 0 unspecified atom stereocenters. The molecular weight excluding hydrogens is 338 g/mol. The highest BCUT2D eigenvalue weighted by Crippen LogP contribution is 2.21. The van der Waals surface area contributed by atoms with Crippen LogP contribution in [-0.2, 0) is 11.3 Å². The van der Waals surface area contributed by atoms with Gasteiger partial charge < -0.3 is 9.32 Å². The van der Waals surface area contributed by atoms with E-state index in [0.29, 0.717) is 30.8 Å². The summed E-state index contributed by atoms with van der Waals surface area (Å²) in [6, 6.07) is 4.10. The third-order valence-electron chi connectivity index (χ3n) is 5.00. The first-order valence-corrected chi connectivity index (χ1v) is 9.01. The lowest BCUT2D eigenvalue weighted by Gasteiger charge is -2.20. The van der Waals surface area contributed by atoms with Gasteiger partial charge in [0.15, 0.2) is 5.58 Å². The first-order valence-electron chi connectivity index (χ1n) is 9.01. The quantitative estimate of drug-likeness (QED) is 0.602. The number of hydrogen-bond acceptors (Lipinski definition) is 5. The van der Waals surface area contributed by atoms with Crippen LogP contribution in [-0.4, -0.2) is 33.4 Å². The van der Waals surface area contributed by atoms with Crippen molar-refractivity contribution in [3.8, 4) is 0 Å². The SMILES string of the molecule is C[C@H]1CCCN(C(=O)CCCn2c(=O)oc3cc([N+](=O)[O-])ccc32)CC1. The molecule has 26 heavy (non-hydrogen) atoms. The third-order valence-corrected chi connectivity index (χ3v) is 5.00. The van der Waals surface area contributed by atoms with Crippen molar-refractivity contribution in [2.75, 3.05) is 13.1 Å². The topological polar surface area (TPSA) is 98.6 Å². The normalized spacial score (nSPS) is 18.0. The lowest BCUT2D eigenvalue weighted by atomic mass is 10.0. The number of nitro groups is 1. The number of nitro benzene ring substituents is 1. The highest BCUT2D eigenvalue weighted by atomic mass is 16.6. The van der Waals surface area contributed by atoms with Crippen LogP contribution < -0.4 is 5.76 Å². The van der Waals surface area contributed by atoms with E-state index in [4.69, 9.17) is 4.42 Å². The van der Waals surface area contributed by atoms with Gasteiger partial charge in [-0.3, -0.25) is 19.5 Å². The summed E-state index contributed by atoms with van der Waals surface area (Å²) in [5.74, 6) is 0.222. The fraction of sp³-hybridized carbons (Fsp3) is 0.556. The fourth-order valence-electron chi connectivity index (χ4n) is 3.44. The molecule has 3 rings (SSSR count). The zero-order valence-electron chi connectivity index (χ0n) is 14.8. The summed E-state index contributed by atoms with van der Waals surface area (Å²) in [7, 11) is 0. The zero-order valence-corrected chi connectivity index (χ0v) is 14.8. The van der Waals surface area contributed by atoms with Crippen LogP contribution in [0, 0.1) is 16.0 Å². The number of oxazole rings is 1. The standard InChI is InChI=1S/C18H23N3O5/c1-13-4-2-9-19(11-8-13)17(22)5-3-10-20-15-7-6-14(21(24)25)12-16(15)26-18(20)23/h6-7,12-13H,2-5,8-11H2,1H3/t13-/m0/s1. The Kier molecular flexibility index (Phi) is 5.39. The largest absolute Gasteiger partial charge is 0.419 e. The average Bonchev–Trinajstić information content (AvgIpc) is 2.76. The van der Waals surface area contributed by atoms with Gasteiger partial charge in [0.05, 0.1) is 16.5 Å². The highest BCUT2D eigenvalue weighted by molar-refractivity contribution is 5.77. The summed E-state index contributed by atoms with van der Waals surface area (Å²) in [6.07, 6.45) is 4.14. The molecule has 2 heterocycles. The first kappa shape index (κ1) is 18.2. The number of carbonyl (C=O) groups excluding carboxylic acids is 1. The molecule has 1 aromatic heterocycles. The number of aromatic nitrogens is 1. The van der Waals surface area contributed by atoms with Crippen LogP contribution in [0.15, 0.2) is 27.4 Å². The van der Waals surface area contributed by atoms with Crippen molar-refractivity contribution in [3.05, 3.63) is 38.9 Å². The molecule has 0 saturated carbocycles. The van der Waals surface area contributed by atoms with Crippen LogP contribution in [0.25, 0.3) is 11.1 Å². The van der Waals surface area contributed by atoms with Gasteiger partial charge >= 0.3 is 5.76 Å². The molecule has 140 valence electrons. The maximum Gasteiger partial charge on any atom is 0.419 e. The molecule has 1 aliphatic heterocycles. The monoisotopic (exact) mass is 361 g/mol. The van der Waals surface area contributed by atoms with Gasteiger partial charge in [0.2, 0.25) is 5.91 Å². The molecular formula is C18H23N3O5. The van der Waals surface area contributed by atoms with Crippen molar-refractivity contribution in [2.45, 2.75) is 45.6 Å². The molecule has 0 bridgehead atoms. The van der Waals surface area contributed by atoms with Gasteiger partial charge in [-0.05, 0) is 37.7 Å². The molecule has 8 heteroatoms. The lowest BCUT2D eigenvalue weighted by Crippen LogP contribution is -2.32. The number of carbonyl (C=O) groups is 1. The van der Waals surface area contributed by atoms with E-state index in [0.717, 1.165) is 32.4 Å². The number of benzene rings is 1. The molecule has 0 aliphatic carbocycles. The fourth-order valence-corrected chi connectivity index (χ4v) is 3.44. The predicted molar refractivity (Wildman–Crippen MR) is 96.0 cm³/mol. The third kappa shape index (κ3) is 3.95. The van der Waals surface area contributed by atoms with Crippen molar-refractivity contribution in [1.82, 2.24) is 9.47 Å². The maximum absolute atomic E-state index is 12.4. The summed E-state index contributed by atoms with van der Waals surface area (Å²) in [5, 5.41) is 10.8. The van der Waals surface area contributed by atoms with Gasteiger partial charge in [0.25, 0.3) is 5.69 Å². The number of hydrogen-bond donors (Lipinski definition) is 0. The van der Waals surface area contributed by atoms with Gasteiger partial charge in [0, 0.05) is 32.1 Å². The summed E-state index contributed by atoms with van der Waals surface area (Å²) < 4.78 is 6.53. The number of amides is 1.